The van der Waals surface area contributed by atoms with Crippen molar-refractivity contribution in [1.82, 2.24) is 4.57 Å². The van der Waals surface area contributed by atoms with Crippen molar-refractivity contribution in [2.45, 2.75) is 29.7 Å². The van der Waals surface area contributed by atoms with E-state index in [2.05, 4.69) is 21.2 Å². The van der Waals surface area contributed by atoms with Crippen molar-refractivity contribution < 1.29 is 18.8 Å². The maximum atomic E-state index is 13.9. The zero-order chi connectivity index (χ0) is 28.1. The third-order valence-corrected chi connectivity index (χ3v) is 10.1. The Morgan fingerprint density at radius 1 is 1.00 bits per heavy atom. The standard InChI is InChI=1S/C29H21BrFN3O4S2/c1-15-3-2-4-19(13-15)32-21(35)14-33-28-25(40-29(33)38)22(16-5-9-18(31)10-6-16)23-24(39-28)27(37)34(26(23)36)20-11-7-17(30)8-12-20/h2-13,22-24H,14H2,1H3,(H,32,35). The molecule has 202 valence electrons. The molecular weight excluding hydrogens is 617 g/mol. The van der Waals surface area contributed by atoms with Crippen LogP contribution in [-0.4, -0.2) is 27.5 Å². The van der Waals surface area contributed by atoms with Crippen LogP contribution in [0.1, 0.15) is 21.9 Å². The number of thiazole rings is 1. The first-order valence-electron chi connectivity index (χ1n) is 12.4. The highest BCUT2D eigenvalue weighted by Crippen LogP contribution is 2.53. The van der Waals surface area contributed by atoms with E-state index in [0.29, 0.717) is 26.8 Å². The van der Waals surface area contributed by atoms with Crippen LogP contribution in [0.3, 0.4) is 0 Å². The Hall–Kier alpha value is -3.54. The van der Waals surface area contributed by atoms with E-state index in [1.165, 1.54) is 21.6 Å². The average molecular weight is 639 g/mol. The van der Waals surface area contributed by atoms with Gasteiger partial charge in [-0.2, -0.15) is 0 Å². The van der Waals surface area contributed by atoms with Crippen LogP contribution in [0.15, 0.2) is 87.1 Å². The van der Waals surface area contributed by atoms with Gasteiger partial charge in [0.25, 0.3) is 0 Å². The first kappa shape index (κ1) is 26.7. The average Bonchev–Trinajstić information content (AvgIpc) is 3.36. The first-order valence-corrected chi connectivity index (χ1v) is 14.9. The van der Waals surface area contributed by atoms with Gasteiger partial charge < -0.3 is 5.32 Å². The fraction of sp³-hybridized carbons (Fsp3) is 0.172. The minimum atomic E-state index is -0.821. The van der Waals surface area contributed by atoms with Gasteiger partial charge in [0.2, 0.25) is 17.7 Å². The van der Waals surface area contributed by atoms with E-state index in [-0.39, 0.29) is 23.2 Å². The Balaban J connectivity index is 1.41. The highest BCUT2D eigenvalue weighted by atomic mass is 79.9. The number of aryl methyl sites for hydroxylation is 1. The van der Waals surface area contributed by atoms with Crippen LogP contribution in [0.4, 0.5) is 15.8 Å². The second kappa shape index (κ2) is 10.5. The van der Waals surface area contributed by atoms with Crippen molar-refractivity contribution in [3.8, 4) is 0 Å². The number of amides is 3. The lowest BCUT2D eigenvalue weighted by atomic mass is 9.83. The number of carbonyl (C=O) groups is 3. The molecule has 7 nitrogen and oxygen atoms in total. The summed E-state index contributed by atoms with van der Waals surface area (Å²) in [6.07, 6.45) is 0. The molecule has 4 aromatic rings. The van der Waals surface area contributed by atoms with Gasteiger partial charge in [0, 0.05) is 21.0 Å². The largest absolute Gasteiger partial charge is 0.325 e. The molecule has 0 bridgehead atoms. The minimum absolute atomic E-state index is 0.252. The number of rotatable bonds is 5. The molecule has 1 saturated heterocycles. The monoisotopic (exact) mass is 637 g/mol. The molecule has 11 heteroatoms. The summed E-state index contributed by atoms with van der Waals surface area (Å²) in [5, 5.41) is 2.48. The van der Waals surface area contributed by atoms with Gasteiger partial charge in [0.1, 0.15) is 17.6 Å². The quantitative estimate of drug-likeness (QED) is 0.290. The first-order chi connectivity index (χ1) is 19.2. The molecule has 1 fully saturated rings. The van der Waals surface area contributed by atoms with Crippen molar-refractivity contribution in [1.29, 1.82) is 0 Å². The SMILES string of the molecule is Cc1cccc(NC(=O)Cn2c3c(sc2=O)C(c2ccc(F)cc2)C2C(=O)N(c4ccc(Br)cc4)C(=O)C2S3)c1. The number of nitrogens with zero attached hydrogens (tertiary/aromatic N) is 2. The molecule has 0 aliphatic carbocycles. The summed E-state index contributed by atoms with van der Waals surface area (Å²) >= 11 is 5.47. The normalized spacial score (nSPS) is 19.9. The predicted molar refractivity (Wildman–Crippen MR) is 156 cm³/mol. The van der Waals surface area contributed by atoms with Crippen molar-refractivity contribution >= 4 is 68.1 Å². The van der Waals surface area contributed by atoms with Gasteiger partial charge in [-0.3, -0.25) is 23.7 Å². The zero-order valence-electron chi connectivity index (χ0n) is 21.0. The fourth-order valence-corrected chi connectivity index (χ4v) is 8.23. The number of aromatic nitrogens is 1. The molecule has 3 heterocycles. The summed E-state index contributed by atoms with van der Waals surface area (Å²) in [5.41, 5.74) is 2.66. The van der Waals surface area contributed by atoms with Gasteiger partial charge >= 0.3 is 4.87 Å². The number of nitrogens with one attached hydrogen (secondary N) is 1. The summed E-state index contributed by atoms with van der Waals surface area (Å²) in [7, 11) is 0. The van der Waals surface area contributed by atoms with E-state index < -0.39 is 28.8 Å². The van der Waals surface area contributed by atoms with Gasteiger partial charge in [0.15, 0.2) is 0 Å². The number of carbonyl (C=O) groups excluding carboxylic acids is 3. The smallest absolute Gasteiger partial charge is 0.308 e. The third kappa shape index (κ3) is 4.71. The second-order valence-corrected chi connectivity index (χ2v) is 12.7. The van der Waals surface area contributed by atoms with Gasteiger partial charge in [-0.1, -0.05) is 63.3 Å². The lowest BCUT2D eigenvalue weighted by Gasteiger charge is -2.30. The predicted octanol–water partition coefficient (Wildman–Crippen LogP) is 5.55. The molecule has 2 aliphatic rings. The van der Waals surface area contributed by atoms with Crippen LogP contribution in [0.5, 0.6) is 0 Å². The van der Waals surface area contributed by atoms with Gasteiger partial charge in [0.05, 0.1) is 16.6 Å². The molecule has 3 amide bonds. The van der Waals surface area contributed by atoms with Gasteiger partial charge in [-0.15, -0.1) is 0 Å². The second-order valence-electron chi connectivity index (χ2n) is 9.62. The highest BCUT2D eigenvalue weighted by molar-refractivity contribution is 9.10. The van der Waals surface area contributed by atoms with Crippen molar-refractivity contribution in [3.63, 3.8) is 0 Å². The van der Waals surface area contributed by atoms with Crippen molar-refractivity contribution in [2.24, 2.45) is 5.92 Å². The molecule has 2 aliphatic heterocycles. The van der Waals surface area contributed by atoms with Crippen LogP contribution >= 0.6 is 39.0 Å². The number of halogens is 2. The van der Waals surface area contributed by atoms with Crippen LogP contribution in [-0.2, 0) is 20.9 Å². The Bertz CT molecular complexity index is 1720. The van der Waals surface area contributed by atoms with Crippen LogP contribution in [0.2, 0.25) is 0 Å². The summed E-state index contributed by atoms with van der Waals surface area (Å²) < 4.78 is 16.0. The van der Waals surface area contributed by atoms with E-state index >= 15 is 0 Å². The minimum Gasteiger partial charge on any atom is -0.325 e. The lowest BCUT2D eigenvalue weighted by Crippen LogP contribution is -2.33. The number of fused-ring (bicyclic) bond motifs is 2. The van der Waals surface area contributed by atoms with E-state index in [4.69, 9.17) is 0 Å². The van der Waals surface area contributed by atoms with Crippen molar-refractivity contribution in [3.05, 3.63) is 109 Å². The molecule has 3 atom stereocenters. The van der Waals surface area contributed by atoms with E-state index in [1.807, 2.05) is 25.1 Å². The summed E-state index contributed by atoms with van der Waals surface area (Å²) in [6.45, 7) is 1.66. The third-order valence-electron chi connectivity index (χ3n) is 6.97. The lowest BCUT2D eigenvalue weighted by molar-refractivity contribution is -0.122. The highest BCUT2D eigenvalue weighted by Gasteiger charge is 2.56. The van der Waals surface area contributed by atoms with E-state index in [1.54, 1.807) is 42.5 Å². The van der Waals surface area contributed by atoms with E-state index in [9.17, 15) is 23.6 Å². The molecule has 1 N–H and O–H groups in total. The molecule has 6 rings (SSSR count). The number of hydrogen-bond donors (Lipinski definition) is 1. The number of benzene rings is 3. The Labute approximate surface area is 245 Å². The van der Waals surface area contributed by atoms with Crippen LogP contribution in [0.25, 0.3) is 0 Å². The fourth-order valence-electron chi connectivity index (χ4n) is 5.20. The molecule has 3 aromatic carbocycles. The molecule has 1 aromatic heterocycles. The molecule has 0 radical (unpaired) electrons. The summed E-state index contributed by atoms with van der Waals surface area (Å²) in [4.78, 5) is 55.2. The van der Waals surface area contributed by atoms with Gasteiger partial charge in [-0.05, 0) is 66.6 Å². The maximum Gasteiger partial charge on any atom is 0.308 e. The number of imide groups is 1. The van der Waals surface area contributed by atoms with E-state index in [0.717, 1.165) is 33.1 Å². The molecule has 0 saturated carbocycles. The Morgan fingerprint density at radius 2 is 1.73 bits per heavy atom. The van der Waals surface area contributed by atoms with Crippen LogP contribution in [0, 0.1) is 18.7 Å². The number of anilines is 2. The number of thioether (sulfide) groups is 1. The van der Waals surface area contributed by atoms with Gasteiger partial charge in [-0.25, -0.2) is 9.29 Å². The van der Waals surface area contributed by atoms with Crippen molar-refractivity contribution in [2.75, 3.05) is 10.2 Å². The molecule has 0 spiro atoms. The molecule has 3 unspecified atom stereocenters. The Kier molecular flexibility index (Phi) is 6.97. The zero-order valence-corrected chi connectivity index (χ0v) is 24.2. The number of hydrogen-bond acceptors (Lipinski definition) is 6. The maximum absolute atomic E-state index is 13.9. The molecular formula is C29H21BrFN3O4S2. The topological polar surface area (TPSA) is 88.5 Å². The summed E-state index contributed by atoms with van der Waals surface area (Å²) in [6, 6.07) is 20.0. The summed E-state index contributed by atoms with van der Waals surface area (Å²) in [5.74, 6) is -3.05. The Morgan fingerprint density at radius 3 is 2.42 bits per heavy atom. The molecule has 40 heavy (non-hydrogen) atoms. The van der Waals surface area contributed by atoms with Crippen LogP contribution < -0.4 is 15.1 Å².